The zero-order valence-corrected chi connectivity index (χ0v) is 18.3. The molecule has 0 bridgehead atoms. The lowest BCUT2D eigenvalue weighted by molar-refractivity contribution is -0.386. The molecule has 0 saturated heterocycles. The smallest absolute Gasteiger partial charge is 0.430 e. The third kappa shape index (κ3) is 5.97. The van der Waals surface area contributed by atoms with Gasteiger partial charge in [-0.25, -0.2) is 0 Å². The molecule has 0 aromatic heterocycles. The summed E-state index contributed by atoms with van der Waals surface area (Å²) < 4.78 is 107. The molecular weight excluding hydrogens is 488 g/mol. The van der Waals surface area contributed by atoms with Crippen molar-refractivity contribution in [2.24, 2.45) is 0 Å². The molecule has 0 aliphatic carbocycles. The van der Waals surface area contributed by atoms with Crippen LogP contribution in [0.2, 0.25) is 0 Å². The zero-order chi connectivity index (χ0) is 25.7. The predicted octanol–water partition coefficient (Wildman–Crippen LogP) is 4.78. The minimum Gasteiger partial charge on any atom is -0.772 e. The van der Waals surface area contributed by atoms with Crippen molar-refractivity contribution in [1.29, 1.82) is 0 Å². The van der Waals surface area contributed by atoms with E-state index >= 15 is 0 Å². The molecule has 0 radical (unpaired) electrons. The minimum absolute atomic E-state index is 0.0454. The minimum atomic E-state index is -5.87. The lowest BCUT2D eigenvalue weighted by Gasteiger charge is -2.36. The molecule has 34 heavy (non-hydrogen) atoms. The number of alkyl halides is 6. The number of carbonyl (C=O) groups is 1. The number of nitrogens with one attached hydrogen (secondary N) is 1. The fraction of sp³-hybridized carbons (Fsp3) is 0.318. The summed E-state index contributed by atoms with van der Waals surface area (Å²) in [5.41, 5.74) is -4.91. The van der Waals surface area contributed by atoms with E-state index in [0.717, 1.165) is 12.1 Å². The van der Waals surface area contributed by atoms with Gasteiger partial charge in [0.15, 0.2) is 0 Å². The summed E-state index contributed by atoms with van der Waals surface area (Å²) in [4.78, 5) is 12.2. The fourth-order valence-electron chi connectivity index (χ4n) is 3.08. The summed E-state index contributed by atoms with van der Waals surface area (Å²) in [5, 5.41) is 1.63. The van der Waals surface area contributed by atoms with E-state index < -0.39 is 52.4 Å². The molecule has 0 saturated carbocycles. The van der Waals surface area contributed by atoms with Crippen molar-refractivity contribution in [2.45, 2.75) is 36.5 Å². The van der Waals surface area contributed by atoms with Crippen molar-refractivity contribution in [3.63, 3.8) is 0 Å². The summed E-state index contributed by atoms with van der Waals surface area (Å²) in [6.45, 7) is 0.248. The van der Waals surface area contributed by atoms with Gasteiger partial charge in [0.25, 0.3) is 5.60 Å². The molecule has 1 N–H and O–H groups in total. The first kappa shape index (κ1) is 27.4. The van der Waals surface area contributed by atoms with E-state index in [-0.39, 0.29) is 12.1 Å². The number of hydrogen-bond donors (Lipinski definition) is 1. The first-order chi connectivity index (χ1) is 15.7. The Hall–Kier alpha value is -2.88. The highest BCUT2D eigenvalue weighted by molar-refractivity contribution is 7.79. The highest BCUT2D eigenvalue weighted by Gasteiger charge is 2.73. The number of hydrogen-bond acceptors (Lipinski definition) is 4. The molecule has 2 aromatic carbocycles. The fourth-order valence-corrected chi connectivity index (χ4v) is 3.46. The highest BCUT2D eigenvalue weighted by Crippen LogP contribution is 2.53. The molecule has 0 spiro atoms. The maximum Gasteiger partial charge on any atom is 0.430 e. The largest absolute Gasteiger partial charge is 0.772 e. The summed E-state index contributed by atoms with van der Waals surface area (Å²) in [7, 11) is 0. The van der Waals surface area contributed by atoms with Gasteiger partial charge >= 0.3 is 12.4 Å². The number of halogens is 6. The predicted molar refractivity (Wildman–Crippen MR) is 111 cm³/mol. The first-order valence-corrected chi connectivity index (χ1v) is 10.6. The van der Waals surface area contributed by atoms with Crippen LogP contribution in [0, 0.1) is 12.3 Å². The third-order valence-corrected chi connectivity index (χ3v) is 5.70. The Balaban J connectivity index is 2.20. The van der Waals surface area contributed by atoms with Crippen molar-refractivity contribution in [3.8, 4) is 12.3 Å². The average molecular weight is 506 g/mol. The Morgan fingerprint density at radius 2 is 1.59 bits per heavy atom. The van der Waals surface area contributed by atoms with Crippen molar-refractivity contribution in [3.05, 3.63) is 65.2 Å². The molecule has 12 heteroatoms. The van der Waals surface area contributed by atoms with Gasteiger partial charge in [0.2, 0.25) is 5.91 Å². The van der Waals surface area contributed by atoms with Crippen LogP contribution in [-0.2, 0) is 32.6 Å². The van der Waals surface area contributed by atoms with Crippen molar-refractivity contribution < 1.29 is 44.6 Å². The second kappa shape index (κ2) is 10.6. The Morgan fingerprint density at radius 3 is 2.03 bits per heavy atom. The lowest BCUT2D eigenvalue weighted by Crippen LogP contribution is -2.56. The summed E-state index contributed by atoms with van der Waals surface area (Å²) in [6, 6.07) is 8.99. The molecule has 0 fully saturated rings. The number of ether oxygens (including phenoxy) is 1. The van der Waals surface area contributed by atoms with Crippen LogP contribution in [0.5, 0.6) is 0 Å². The maximum absolute atomic E-state index is 13.5. The van der Waals surface area contributed by atoms with Crippen molar-refractivity contribution >= 4 is 22.7 Å². The van der Waals surface area contributed by atoms with Crippen molar-refractivity contribution in [2.75, 3.05) is 11.9 Å². The SMILES string of the molecule is C#CCOC(c1ccc(NC(=O)Cc2ccc(C(C)S(=O)[O-])cc2)cc1)(C(F)(F)F)C(F)(F)F. The second-order valence-corrected chi connectivity index (χ2v) is 8.34. The van der Waals surface area contributed by atoms with Crippen LogP contribution in [0.15, 0.2) is 48.5 Å². The van der Waals surface area contributed by atoms with E-state index in [1.54, 1.807) is 5.92 Å². The van der Waals surface area contributed by atoms with E-state index in [0.29, 0.717) is 23.3 Å². The summed E-state index contributed by atoms with van der Waals surface area (Å²) in [5.74, 6) is 1.01. The lowest BCUT2D eigenvalue weighted by atomic mass is 9.91. The molecule has 2 aromatic rings. The van der Waals surface area contributed by atoms with Crippen molar-refractivity contribution in [1.82, 2.24) is 0 Å². The van der Waals surface area contributed by atoms with Gasteiger partial charge in [-0.15, -0.1) is 6.42 Å². The Bertz CT molecular complexity index is 1050. The van der Waals surface area contributed by atoms with Crippen LogP contribution >= 0.6 is 0 Å². The van der Waals surface area contributed by atoms with Crippen LogP contribution < -0.4 is 5.32 Å². The molecular formula is C22H18F6NO4S-. The van der Waals surface area contributed by atoms with Gasteiger partial charge in [-0.1, -0.05) is 42.3 Å². The number of carbonyl (C=O) groups excluding carboxylic acids is 1. The van der Waals surface area contributed by atoms with Crippen LogP contribution in [0.25, 0.3) is 0 Å². The standard InChI is InChI=1S/C22H19F6NO4S/c1-3-12-33-20(21(23,24)25,22(26,27)28)17-8-10-18(11-9-17)29-19(30)13-15-4-6-16(7-5-15)14(2)34(31)32/h1,4-11,14H,12-13H2,2H3,(H,29,30)(H,31,32)/p-1. The molecule has 2 rings (SSSR count). The van der Waals surface area contributed by atoms with E-state index in [9.17, 15) is 39.9 Å². The van der Waals surface area contributed by atoms with Gasteiger partial charge in [0.1, 0.15) is 6.61 Å². The molecule has 0 heterocycles. The Morgan fingerprint density at radius 1 is 1.06 bits per heavy atom. The third-order valence-electron chi connectivity index (χ3n) is 4.85. The maximum atomic E-state index is 13.5. The topological polar surface area (TPSA) is 78.5 Å². The molecule has 1 amide bonds. The van der Waals surface area contributed by atoms with Gasteiger partial charge in [0, 0.05) is 16.5 Å². The van der Waals surface area contributed by atoms with Gasteiger partial charge in [-0.05, 0) is 41.3 Å². The average Bonchev–Trinajstić information content (AvgIpc) is 2.73. The number of terminal acetylenes is 1. The van der Waals surface area contributed by atoms with E-state index in [2.05, 4.69) is 10.1 Å². The van der Waals surface area contributed by atoms with Crippen LogP contribution in [0.1, 0.15) is 28.9 Å². The Kier molecular flexibility index (Phi) is 8.52. The second-order valence-electron chi connectivity index (χ2n) is 7.12. The van der Waals surface area contributed by atoms with E-state index in [1.165, 1.54) is 31.2 Å². The van der Waals surface area contributed by atoms with Crippen LogP contribution in [-0.4, -0.2) is 33.6 Å². The van der Waals surface area contributed by atoms with Crippen LogP contribution in [0.4, 0.5) is 32.0 Å². The quantitative estimate of drug-likeness (QED) is 0.318. The van der Waals surface area contributed by atoms with Gasteiger partial charge in [0.05, 0.1) is 6.42 Å². The monoisotopic (exact) mass is 506 g/mol. The van der Waals surface area contributed by atoms with Gasteiger partial charge < -0.3 is 14.6 Å². The molecule has 5 nitrogen and oxygen atoms in total. The van der Waals surface area contributed by atoms with Crippen LogP contribution in [0.3, 0.4) is 0 Å². The number of anilines is 1. The molecule has 0 aliphatic rings. The van der Waals surface area contributed by atoms with E-state index in [1.807, 2.05) is 0 Å². The van der Waals surface area contributed by atoms with E-state index in [4.69, 9.17) is 6.42 Å². The number of amides is 1. The molecule has 2 unspecified atom stereocenters. The van der Waals surface area contributed by atoms with Gasteiger partial charge in [-0.3, -0.25) is 9.00 Å². The molecule has 2 atom stereocenters. The number of rotatable bonds is 8. The molecule has 0 aliphatic heterocycles. The number of benzene rings is 2. The Labute approximate surface area is 193 Å². The normalized spacial score (nSPS) is 14.2. The van der Waals surface area contributed by atoms with Gasteiger partial charge in [-0.2, -0.15) is 26.3 Å². The molecule has 184 valence electrons. The first-order valence-electron chi connectivity index (χ1n) is 9.51. The summed E-state index contributed by atoms with van der Waals surface area (Å²) in [6.07, 6.45) is -7.11. The zero-order valence-electron chi connectivity index (χ0n) is 17.5. The highest BCUT2D eigenvalue weighted by atomic mass is 32.2. The summed E-state index contributed by atoms with van der Waals surface area (Å²) >= 11 is -2.32.